The summed E-state index contributed by atoms with van der Waals surface area (Å²) >= 11 is 3.66. The summed E-state index contributed by atoms with van der Waals surface area (Å²) in [4.78, 5) is 10.9. The van der Waals surface area contributed by atoms with E-state index in [2.05, 4.69) is 132 Å². The Morgan fingerprint density at radius 2 is 1.12 bits per heavy atom. The maximum atomic E-state index is 6.19. The fourth-order valence-electron chi connectivity index (χ4n) is 8.06. The van der Waals surface area contributed by atoms with E-state index >= 15 is 0 Å². The molecule has 0 N–H and O–H groups in total. The van der Waals surface area contributed by atoms with Crippen LogP contribution in [-0.4, -0.2) is 14.5 Å². The van der Waals surface area contributed by atoms with Gasteiger partial charge >= 0.3 is 0 Å². The molecule has 0 spiro atoms. The maximum absolute atomic E-state index is 6.19. The number of hydrogen-bond acceptors (Lipinski definition) is 5. The minimum atomic E-state index is 0. The minimum Gasteiger partial charge on any atom is -0.456 e. The topological polar surface area (TPSA) is 43.9 Å². The van der Waals surface area contributed by atoms with Gasteiger partial charge in [0.25, 0.3) is 0 Å². The molecule has 1 atom stereocenters. The van der Waals surface area contributed by atoms with Crippen LogP contribution in [0.2, 0.25) is 0 Å². The lowest BCUT2D eigenvalue weighted by Gasteiger charge is -2.13. The molecule has 0 aliphatic heterocycles. The van der Waals surface area contributed by atoms with Gasteiger partial charge in [-0.25, -0.2) is 9.97 Å². The summed E-state index contributed by atoms with van der Waals surface area (Å²) in [6, 6.07) is 49.6. The summed E-state index contributed by atoms with van der Waals surface area (Å²) in [6.07, 6.45) is 0. The average molecular weight is 708 g/mol. The predicted molar refractivity (Wildman–Crippen MR) is 223 cm³/mol. The van der Waals surface area contributed by atoms with Gasteiger partial charge in [-0.05, 0) is 47.9 Å². The molecule has 51 heavy (non-hydrogen) atoms. The molecular formula is C44H26N3OPS2. The van der Waals surface area contributed by atoms with Crippen molar-refractivity contribution in [1.82, 2.24) is 14.5 Å². The molecule has 7 heteroatoms. The molecule has 1 unspecified atom stereocenters. The molecule has 0 radical (unpaired) electrons. The van der Waals surface area contributed by atoms with Gasteiger partial charge in [-0.15, -0.1) is 22.7 Å². The second-order valence-electron chi connectivity index (χ2n) is 12.9. The molecule has 12 aromatic rings. The molecular weight excluding hydrogens is 682 g/mol. The number of furan rings is 1. The molecule has 7 aromatic carbocycles. The quantitative estimate of drug-likeness (QED) is 0.168. The molecule has 0 aliphatic carbocycles. The van der Waals surface area contributed by atoms with Crippen molar-refractivity contribution in [3.8, 4) is 17.2 Å². The summed E-state index contributed by atoms with van der Waals surface area (Å²) in [6.45, 7) is 0. The summed E-state index contributed by atoms with van der Waals surface area (Å²) in [7, 11) is 0. The van der Waals surface area contributed by atoms with Crippen molar-refractivity contribution in [2.45, 2.75) is 0 Å². The van der Waals surface area contributed by atoms with Crippen molar-refractivity contribution in [1.29, 1.82) is 0 Å². The molecule has 0 bridgehead atoms. The Bertz CT molecular complexity index is 3410. The maximum Gasteiger partial charge on any atom is 0.162 e. The normalized spacial score (nSPS) is 12.2. The smallest absolute Gasteiger partial charge is 0.162 e. The van der Waals surface area contributed by atoms with E-state index in [1.165, 1.54) is 51.9 Å². The van der Waals surface area contributed by atoms with E-state index < -0.39 is 0 Å². The second kappa shape index (κ2) is 10.7. The van der Waals surface area contributed by atoms with Gasteiger partial charge < -0.3 is 4.42 Å². The largest absolute Gasteiger partial charge is 0.456 e. The van der Waals surface area contributed by atoms with Crippen molar-refractivity contribution in [3.05, 3.63) is 140 Å². The Morgan fingerprint density at radius 3 is 1.96 bits per heavy atom. The van der Waals surface area contributed by atoms with Crippen LogP contribution in [-0.2, 0) is 0 Å². The van der Waals surface area contributed by atoms with Crippen molar-refractivity contribution in [3.63, 3.8) is 0 Å². The number of hydrogen-bond donors (Lipinski definition) is 0. The van der Waals surface area contributed by atoms with Crippen LogP contribution in [0.25, 0.3) is 112 Å². The number of rotatable bonds is 2. The number of para-hydroxylation sites is 2. The number of fused-ring (bicyclic) bond motifs is 16. The van der Waals surface area contributed by atoms with Crippen molar-refractivity contribution in [2.24, 2.45) is 0 Å². The van der Waals surface area contributed by atoms with Gasteiger partial charge in [-0.1, -0.05) is 97.1 Å². The van der Waals surface area contributed by atoms with Crippen LogP contribution < -0.4 is 0 Å². The van der Waals surface area contributed by atoms with Crippen LogP contribution in [0.15, 0.2) is 144 Å². The van der Waals surface area contributed by atoms with E-state index in [9.17, 15) is 0 Å². The Morgan fingerprint density at radius 1 is 0.490 bits per heavy atom. The van der Waals surface area contributed by atoms with Gasteiger partial charge in [0.15, 0.2) is 11.6 Å². The van der Waals surface area contributed by atoms with Crippen LogP contribution in [0.3, 0.4) is 0 Å². The first-order valence-electron chi connectivity index (χ1n) is 16.7. The minimum absolute atomic E-state index is 0. The van der Waals surface area contributed by atoms with Gasteiger partial charge in [0.05, 0.1) is 21.3 Å². The second-order valence-corrected chi connectivity index (χ2v) is 15.0. The van der Waals surface area contributed by atoms with E-state index in [1.807, 2.05) is 23.5 Å². The third kappa shape index (κ3) is 3.93. The molecule has 0 saturated heterocycles. The van der Waals surface area contributed by atoms with Crippen LogP contribution in [0.5, 0.6) is 0 Å². The number of aromatic nitrogens is 3. The first-order chi connectivity index (χ1) is 24.8. The SMILES string of the molecule is P.c1ccc2c(c1)oc1ccc(-c3nc(-n4c5ccccc5c5c6sc7ccccc7c6c6ccccc6c54)c4sc5ccccc5c4n3)cc12. The van der Waals surface area contributed by atoms with Gasteiger partial charge in [0, 0.05) is 62.8 Å². The fourth-order valence-corrected chi connectivity index (χ4v) is 10.5. The average Bonchev–Trinajstić information content (AvgIpc) is 3.93. The zero-order valence-corrected chi connectivity index (χ0v) is 30.1. The highest BCUT2D eigenvalue weighted by Crippen LogP contribution is 2.49. The third-order valence-electron chi connectivity index (χ3n) is 10.2. The summed E-state index contributed by atoms with van der Waals surface area (Å²) in [5.74, 6) is 1.60. The van der Waals surface area contributed by atoms with Crippen LogP contribution in [0.4, 0.5) is 0 Å². The first-order valence-corrected chi connectivity index (χ1v) is 18.3. The van der Waals surface area contributed by atoms with E-state index in [-0.39, 0.29) is 9.90 Å². The van der Waals surface area contributed by atoms with E-state index in [1.54, 1.807) is 11.3 Å². The standard InChI is InChI=1S/C44H23N3OS2.H3P/c1-2-13-27-26(12-1)37-29-15-5-9-19-35(29)49-41(37)38-28-14-3-7-17-32(28)47(40(27)38)44-42-39(30-16-6-10-20-36(30)50-42)45-43(46-44)24-21-22-34-31(23-24)25-11-4-8-18-33(25)48-34;/h1-23H;1H3. The summed E-state index contributed by atoms with van der Waals surface area (Å²) in [5, 5.41) is 10.9. The molecule has 5 aromatic heterocycles. The highest BCUT2D eigenvalue weighted by atomic mass is 32.1. The lowest BCUT2D eigenvalue weighted by atomic mass is 10.00. The zero-order valence-electron chi connectivity index (χ0n) is 27.1. The Balaban J connectivity index is 0.00000310. The van der Waals surface area contributed by atoms with Crippen LogP contribution in [0.1, 0.15) is 0 Å². The third-order valence-corrected chi connectivity index (χ3v) is 12.5. The molecule has 5 heterocycles. The van der Waals surface area contributed by atoms with Crippen molar-refractivity contribution in [2.75, 3.05) is 0 Å². The highest BCUT2D eigenvalue weighted by Gasteiger charge is 2.25. The zero-order chi connectivity index (χ0) is 32.5. The number of thiophene rings is 2. The highest BCUT2D eigenvalue weighted by molar-refractivity contribution is 7.27. The van der Waals surface area contributed by atoms with Crippen LogP contribution >= 0.6 is 32.6 Å². The van der Waals surface area contributed by atoms with Gasteiger partial charge in [0.2, 0.25) is 0 Å². The lowest BCUT2D eigenvalue weighted by Crippen LogP contribution is -2.02. The van der Waals surface area contributed by atoms with Gasteiger partial charge in [0.1, 0.15) is 11.2 Å². The molecule has 12 rings (SSSR count). The van der Waals surface area contributed by atoms with E-state index in [0.29, 0.717) is 5.82 Å². The van der Waals surface area contributed by atoms with Crippen LogP contribution in [0, 0.1) is 0 Å². The first kappa shape index (κ1) is 29.1. The number of nitrogens with zero attached hydrogens (tertiary/aromatic N) is 3. The summed E-state index contributed by atoms with van der Waals surface area (Å²) < 4.78 is 13.5. The Hall–Kier alpha value is -5.65. The fraction of sp³-hybridized carbons (Fsp3) is 0. The number of benzene rings is 7. The Kier molecular flexibility index (Phi) is 6.10. The summed E-state index contributed by atoms with van der Waals surface area (Å²) in [5.41, 5.74) is 5.99. The molecule has 0 amide bonds. The monoisotopic (exact) mass is 707 g/mol. The Labute approximate surface area is 301 Å². The van der Waals surface area contributed by atoms with E-state index in [0.717, 1.165) is 54.4 Å². The molecule has 0 saturated carbocycles. The van der Waals surface area contributed by atoms with E-state index in [4.69, 9.17) is 14.4 Å². The molecule has 0 aliphatic rings. The van der Waals surface area contributed by atoms with Crippen molar-refractivity contribution >= 4 is 128 Å². The van der Waals surface area contributed by atoms with Gasteiger partial charge in [-0.2, -0.15) is 9.90 Å². The van der Waals surface area contributed by atoms with Crippen molar-refractivity contribution < 1.29 is 4.42 Å². The molecule has 0 fully saturated rings. The molecule has 4 nitrogen and oxygen atoms in total. The lowest BCUT2D eigenvalue weighted by molar-refractivity contribution is 0.669. The van der Waals surface area contributed by atoms with Gasteiger partial charge in [-0.3, -0.25) is 4.57 Å². The molecule has 240 valence electrons. The predicted octanol–water partition coefficient (Wildman–Crippen LogP) is 13.1.